The zero-order chi connectivity index (χ0) is 15.5. The number of pyridine rings is 1. The Labute approximate surface area is 127 Å². The maximum absolute atomic E-state index is 5.91. The number of rotatable bonds is 5. The molecular formula is C18H26N2O. The maximum atomic E-state index is 5.91. The van der Waals surface area contributed by atoms with Crippen LogP contribution in [0.1, 0.15) is 40.3 Å². The van der Waals surface area contributed by atoms with Crippen molar-refractivity contribution < 1.29 is 4.74 Å². The first kappa shape index (κ1) is 15.8. The molecule has 0 bridgehead atoms. The summed E-state index contributed by atoms with van der Waals surface area (Å²) in [5.74, 6) is 1.23. The lowest BCUT2D eigenvalue weighted by Gasteiger charge is -2.20. The Morgan fingerprint density at radius 2 is 1.90 bits per heavy atom. The van der Waals surface area contributed by atoms with Crippen LogP contribution in [0, 0.1) is 5.92 Å². The fraction of sp³-hybridized carbons (Fsp3) is 0.500. The molecule has 1 aromatic carbocycles. The van der Waals surface area contributed by atoms with E-state index >= 15 is 0 Å². The highest BCUT2D eigenvalue weighted by Gasteiger charge is 2.12. The fourth-order valence-corrected chi connectivity index (χ4v) is 2.02. The van der Waals surface area contributed by atoms with Gasteiger partial charge in [0, 0.05) is 17.5 Å². The van der Waals surface area contributed by atoms with E-state index < -0.39 is 0 Å². The molecule has 0 saturated heterocycles. The van der Waals surface area contributed by atoms with Crippen molar-refractivity contribution in [3.63, 3.8) is 0 Å². The highest BCUT2D eigenvalue weighted by atomic mass is 16.5. The van der Waals surface area contributed by atoms with E-state index in [2.05, 4.69) is 64.2 Å². The van der Waals surface area contributed by atoms with Crippen LogP contribution in [0.25, 0.3) is 10.8 Å². The first-order valence-electron chi connectivity index (χ1n) is 7.61. The molecule has 114 valence electrons. The number of aromatic nitrogens is 1. The molecule has 0 aliphatic heterocycles. The van der Waals surface area contributed by atoms with E-state index in [1.807, 2.05) is 6.07 Å². The van der Waals surface area contributed by atoms with Crippen LogP contribution in [0.4, 0.5) is 0 Å². The molecule has 0 unspecified atom stereocenters. The number of ether oxygens (including phenoxy) is 1. The molecule has 0 saturated carbocycles. The van der Waals surface area contributed by atoms with Gasteiger partial charge in [-0.3, -0.25) is 0 Å². The summed E-state index contributed by atoms with van der Waals surface area (Å²) in [5, 5.41) is 5.74. The van der Waals surface area contributed by atoms with Crippen molar-refractivity contribution in [3.8, 4) is 5.88 Å². The third-order valence-corrected chi connectivity index (χ3v) is 3.11. The molecule has 3 nitrogen and oxygen atoms in total. The second-order valence-electron chi connectivity index (χ2n) is 6.95. The normalized spacial score (nSPS) is 12.1. The third kappa shape index (κ3) is 4.71. The second-order valence-corrected chi connectivity index (χ2v) is 6.95. The summed E-state index contributed by atoms with van der Waals surface area (Å²) < 4.78 is 5.91. The third-order valence-electron chi connectivity index (χ3n) is 3.11. The van der Waals surface area contributed by atoms with Gasteiger partial charge in [-0.05, 0) is 44.2 Å². The average molecular weight is 286 g/mol. The number of hydrogen-bond donors (Lipinski definition) is 1. The monoisotopic (exact) mass is 286 g/mol. The Balaban J connectivity index is 2.30. The summed E-state index contributed by atoms with van der Waals surface area (Å²) >= 11 is 0. The fourth-order valence-electron chi connectivity index (χ4n) is 2.02. The Morgan fingerprint density at radius 3 is 2.57 bits per heavy atom. The van der Waals surface area contributed by atoms with Crippen LogP contribution in [-0.4, -0.2) is 17.1 Å². The molecule has 0 amide bonds. The molecule has 0 fully saturated rings. The molecule has 21 heavy (non-hydrogen) atoms. The minimum absolute atomic E-state index is 0.0757. The zero-order valence-electron chi connectivity index (χ0n) is 13.7. The molecule has 1 N–H and O–H groups in total. The quantitative estimate of drug-likeness (QED) is 0.896. The van der Waals surface area contributed by atoms with Gasteiger partial charge in [-0.1, -0.05) is 32.0 Å². The van der Waals surface area contributed by atoms with Crippen molar-refractivity contribution in [1.82, 2.24) is 10.3 Å². The Hall–Kier alpha value is -1.61. The van der Waals surface area contributed by atoms with E-state index in [9.17, 15) is 0 Å². The predicted octanol–water partition coefficient (Wildman–Crippen LogP) is 4.16. The van der Waals surface area contributed by atoms with Gasteiger partial charge in [-0.25, -0.2) is 4.98 Å². The molecule has 0 aliphatic rings. The van der Waals surface area contributed by atoms with E-state index in [0.29, 0.717) is 12.5 Å². The van der Waals surface area contributed by atoms with Gasteiger partial charge in [0.2, 0.25) is 5.88 Å². The van der Waals surface area contributed by atoms with Crippen molar-refractivity contribution in [2.24, 2.45) is 5.92 Å². The van der Waals surface area contributed by atoms with Crippen LogP contribution in [-0.2, 0) is 6.54 Å². The lowest BCUT2D eigenvalue weighted by Crippen LogP contribution is -2.35. The van der Waals surface area contributed by atoms with E-state index in [0.717, 1.165) is 23.5 Å². The van der Waals surface area contributed by atoms with Gasteiger partial charge in [0.25, 0.3) is 0 Å². The maximum Gasteiger partial charge on any atom is 0.221 e. The standard InChI is InChI=1S/C18H26N2O/c1-13(2)12-21-17-16-9-7-6-8-14(16)10-15(20-17)11-19-18(3,4)5/h6-10,13,19H,11-12H2,1-5H3. The largest absolute Gasteiger partial charge is 0.477 e. The molecule has 3 heteroatoms. The molecule has 0 atom stereocenters. The van der Waals surface area contributed by atoms with Gasteiger partial charge in [-0.15, -0.1) is 0 Å². The van der Waals surface area contributed by atoms with Crippen molar-refractivity contribution in [2.75, 3.05) is 6.61 Å². The summed E-state index contributed by atoms with van der Waals surface area (Å²) in [7, 11) is 0. The van der Waals surface area contributed by atoms with Crippen LogP contribution in [0.3, 0.4) is 0 Å². The van der Waals surface area contributed by atoms with Gasteiger partial charge in [0.05, 0.1) is 12.3 Å². The van der Waals surface area contributed by atoms with Gasteiger partial charge < -0.3 is 10.1 Å². The molecule has 1 heterocycles. The van der Waals surface area contributed by atoms with Crippen LogP contribution < -0.4 is 10.1 Å². The first-order chi connectivity index (χ1) is 9.85. The lowest BCUT2D eigenvalue weighted by molar-refractivity contribution is 0.263. The average Bonchev–Trinajstić information content (AvgIpc) is 2.41. The Kier molecular flexibility index (Phi) is 4.84. The zero-order valence-corrected chi connectivity index (χ0v) is 13.7. The molecule has 0 aliphatic carbocycles. The summed E-state index contributed by atoms with van der Waals surface area (Å²) in [6.07, 6.45) is 0. The van der Waals surface area contributed by atoms with Crippen molar-refractivity contribution in [3.05, 3.63) is 36.0 Å². The molecule has 0 spiro atoms. The van der Waals surface area contributed by atoms with Crippen LogP contribution in [0.5, 0.6) is 5.88 Å². The van der Waals surface area contributed by atoms with Crippen LogP contribution >= 0.6 is 0 Å². The first-order valence-corrected chi connectivity index (χ1v) is 7.61. The minimum Gasteiger partial charge on any atom is -0.477 e. The highest BCUT2D eigenvalue weighted by molar-refractivity contribution is 5.87. The summed E-state index contributed by atoms with van der Waals surface area (Å²) in [6.45, 7) is 12.2. The summed E-state index contributed by atoms with van der Waals surface area (Å²) in [4.78, 5) is 4.69. The topological polar surface area (TPSA) is 34.1 Å². The molecule has 1 aromatic heterocycles. The van der Waals surface area contributed by atoms with E-state index in [1.54, 1.807) is 0 Å². The summed E-state index contributed by atoms with van der Waals surface area (Å²) in [5.41, 5.74) is 1.09. The molecule has 2 rings (SSSR count). The smallest absolute Gasteiger partial charge is 0.221 e. The molecule has 2 aromatic rings. The number of hydrogen-bond acceptors (Lipinski definition) is 3. The van der Waals surface area contributed by atoms with Gasteiger partial charge >= 0.3 is 0 Å². The SMILES string of the molecule is CC(C)COc1nc(CNC(C)(C)C)cc2ccccc12. The van der Waals surface area contributed by atoms with Crippen molar-refractivity contribution >= 4 is 10.8 Å². The number of nitrogens with one attached hydrogen (secondary N) is 1. The van der Waals surface area contributed by atoms with Crippen molar-refractivity contribution in [2.45, 2.75) is 46.7 Å². The van der Waals surface area contributed by atoms with E-state index in [-0.39, 0.29) is 5.54 Å². The number of benzene rings is 1. The van der Waals surface area contributed by atoms with Crippen LogP contribution in [0.2, 0.25) is 0 Å². The minimum atomic E-state index is 0.0757. The van der Waals surface area contributed by atoms with Gasteiger partial charge in [-0.2, -0.15) is 0 Å². The Bertz CT molecular complexity index is 600. The molecular weight excluding hydrogens is 260 g/mol. The van der Waals surface area contributed by atoms with Crippen molar-refractivity contribution in [1.29, 1.82) is 0 Å². The van der Waals surface area contributed by atoms with Gasteiger partial charge in [0.1, 0.15) is 0 Å². The summed E-state index contributed by atoms with van der Waals surface area (Å²) in [6, 6.07) is 10.4. The predicted molar refractivity (Wildman–Crippen MR) is 88.7 cm³/mol. The highest BCUT2D eigenvalue weighted by Crippen LogP contribution is 2.25. The van der Waals surface area contributed by atoms with Crippen LogP contribution in [0.15, 0.2) is 30.3 Å². The van der Waals surface area contributed by atoms with E-state index in [1.165, 1.54) is 5.39 Å². The Morgan fingerprint density at radius 1 is 1.19 bits per heavy atom. The number of fused-ring (bicyclic) bond motifs is 1. The van der Waals surface area contributed by atoms with Gasteiger partial charge in [0.15, 0.2) is 0 Å². The van der Waals surface area contributed by atoms with E-state index in [4.69, 9.17) is 9.72 Å². The second kappa shape index (κ2) is 6.44. The number of nitrogens with zero attached hydrogens (tertiary/aromatic N) is 1. The molecule has 0 radical (unpaired) electrons. The lowest BCUT2D eigenvalue weighted by atomic mass is 10.1.